The summed E-state index contributed by atoms with van der Waals surface area (Å²) in [7, 11) is 1.90. The third kappa shape index (κ3) is 2.24. The summed E-state index contributed by atoms with van der Waals surface area (Å²) in [6.07, 6.45) is 5.55. The lowest BCUT2D eigenvalue weighted by Gasteiger charge is -2.11. The molecule has 0 aromatic carbocycles. The van der Waals surface area contributed by atoms with Crippen molar-refractivity contribution in [2.24, 2.45) is 13.0 Å². The van der Waals surface area contributed by atoms with Gasteiger partial charge in [0, 0.05) is 32.1 Å². The molecule has 0 saturated heterocycles. The molecule has 2 heterocycles. The highest BCUT2D eigenvalue weighted by atomic mass is 15.3. The van der Waals surface area contributed by atoms with Gasteiger partial charge in [-0.05, 0) is 5.92 Å². The lowest BCUT2D eigenvalue weighted by atomic mass is 10.2. The van der Waals surface area contributed by atoms with E-state index in [2.05, 4.69) is 33.8 Å². The molecule has 0 saturated carbocycles. The van der Waals surface area contributed by atoms with E-state index in [4.69, 9.17) is 0 Å². The lowest BCUT2D eigenvalue weighted by molar-refractivity contribution is 0.527. The fraction of sp³-hybridized carbons (Fsp3) is 0.455. The van der Waals surface area contributed by atoms with Crippen molar-refractivity contribution in [3.63, 3.8) is 0 Å². The van der Waals surface area contributed by atoms with Crippen LogP contribution in [-0.2, 0) is 13.6 Å². The van der Waals surface area contributed by atoms with Crippen molar-refractivity contribution >= 4 is 11.8 Å². The first-order chi connectivity index (χ1) is 7.66. The molecule has 0 spiro atoms. The van der Waals surface area contributed by atoms with E-state index in [1.165, 1.54) is 0 Å². The third-order valence-corrected chi connectivity index (χ3v) is 2.34. The molecule has 0 atom stereocenters. The second-order valence-electron chi connectivity index (χ2n) is 4.26. The maximum atomic E-state index is 4.30. The molecule has 5 nitrogen and oxygen atoms in total. The van der Waals surface area contributed by atoms with Crippen LogP contribution in [0.25, 0.3) is 0 Å². The first kappa shape index (κ1) is 10.7. The molecule has 0 aliphatic rings. The Labute approximate surface area is 95.1 Å². The molecule has 0 aliphatic carbocycles. The predicted molar refractivity (Wildman–Crippen MR) is 63.6 cm³/mol. The largest absolute Gasteiger partial charge is 0.317 e. The molecule has 2 rings (SSSR count). The van der Waals surface area contributed by atoms with E-state index in [0.29, 0.717) is 5.92 Å². The molecule has 0 bridgehead atoms. The standard InChI is InChI=1S/C11H17N5/c1-9(2)8-16-7-6-12-11(16)14-10-4-5-13-15(10)3/h4-7,9H,8H2,1-3H3,(H,12,14). The van der Waals surface area contributed by atoms with E-state index in [9.17, 15) is 0 Å². The average molecular weight is 219 g/mol. The van der Waals surface area contributed by atoms with Gasteiger partial charge < -0.3 is 9.88 Å². The van der Waals surface area contributed by atoms with E-state index in [1.807, 2.05) is 19.3 Å². The van der Waals surface area contributed by atoms with Gasteiger partial charge in [-0.1, -0.05) is 13.8 Å². The van der Waals surface area contributed by atoms with Crippen LogP contribution in [0.3, 0.4) is 0 Å². The molecule has 0 radical (unpaired) electrons. The van der Waals surface area contributed by atoms with Crippen molar-refractivity contribution in [2.45, 2.75) is 20.4 Å². The topological polar surface area (TPSA) is 47.7 Å². The molecule has 16 heavy (non-hydrogen) atoms. The summed E-state index contributed by atoms with van der Waals surface area (Å²) in [5.41, 5.74) is 0. The first-order valence-corrected chi connectivity index (χ1v) is 5.43. The van der Waals surface area contributed by atoms with Crippen LogP contribution in [0.5, 0.6) is 0 Å². The zero-order valence-electron chi connectivity index (χ0n) is 9.88. The van der Waals surface area contributed by atoms with Crippen molar-refractivity contribution in [1.82, 2.24) is 19.3 Å². The maximum absolute atomic E-state index is 4.30. The van der Waals surface area contributed by atoms with Crippen molar-refractivity contribution in [2.75, 3.05) is 5.32 Å². The zero-order chi connectivity index (χ0) is 11.5. The molecule has 0 amide bonds. The molecule has 1 N–H and O–H groups in total. The number of imidazole rings is 1. The Morgan fingerprint density at radius 1 is 1.38 bits per heavy atom. The van der Waals surface area contributed by atoms with Crippen LogP contribution in [0.15, 0.2) is 24.7 Å². The number of rotatable bonds is 4. The summed E-state index contributed by atoms with van der Waals surface area (Å²) >= 11 is 0. The quantitative estimate of drug-likeness (QED) is 0.855. The molecule has 2 aromatic heterocycles. The minimum absolute atomic E-state index is 0.598. The van der Waals surface area contributed by atoms with Crippen molar-refractivity contribution in [3.05, 3.63) is 24.7 Å². The van der Waals surface area contributed by atoms with Crippen LogP contribution < -0.4 is 5.32 Å². The zero-order valence-corrected chi connectivity index (χ0v) is 9.88. The molecule has 5 heteroatoms. The fourth-order valence-electron chi connectivity index (χ4n) is 1.59. The summed E-state index contributed by atoms with van der Waals surface area (Å²) in [6.45, 7) is 5.34. The van der Waals surface area contributed by atoms with Gasteiger partial charge in [0.05, 0.1) is 6.20 Å². The Morgan fingerprint density at radius 3 is 2.81 bits per heavy atom. The van der Waals surface area contributed by atoms with E-state index in [0.717, 1.165) is 18.3 Å². The van der Waals surface area contributed by atoms with Crippen molar-refractivity contribution in [3.8, 4) is 0 Å². The second kappa shape index (κ2) is 4.38. The van der Waals surface area contributed by atoms with Crippen LogP contribution in [0.1, 0.15) is 13.8 Å². The molecule has 0 fully saturated rings. The Balaban J connectivity index is 2.16. The summed E-state index contributed by atoms with van der Waals surface area (Å²) in [6, 6.07) is 1.92. The van der Waals surface area contributed by atoms with Crippen LogP contribution in [0.2, 0.25) is 0 Å². The van der Waals surface area contributed by atoms with E-state index in [1.54, 1.807) is 17.1 Å². The molecule has 2 aromatic rings. The smallest absolute Gasteiger partial charge is 0.208 e. The highest BCUT2D eigenvalue weighted by Gasteiger charge is 2.06. The van der Waals surface area contributed by atoms with E-state index in [-0.39, 0.29) is 0 Å². The number of nitrogens with zero attached hydrogens (tertiary/aromatic N) is 4. The van der Waals surface area contributed by atoms with Crippen LogP contribution in [0.4, 0.5) is 11.8 Å². The molecule has 86 valence electrons. The maximum Gasteiger partial charge on any atom is 0.208 e. The Hall–Kier alpha value is -1.78. The SMILES string of the molecule is CC(C)Cn1ccnc1Nc1ccnn1C. The second-order valence-corrected chi connectivity index (χ2v) is 4.26. The Bertz CT molecular complexity index is 454. The minimum Gasteiger partial charge on any atom is -0.317 e. The van der Waals surface area contributed by atoms with Crippen LogP contribution in [-0.4, -0.2) is 19.3 Å². The fourth-order valence-corrected chi connectivity index (χ4v) is 1.59. The minimum atomic E-state index is 0.598. The normalized spacial score (nSPS) is 11.0. The number of nitrogens with one attached hydrogen (secondary N) is 1. The van der Waals surface area contributed by atoms with Gasteiger partial charge in [0.1, 0.15) is 5.82 Å². The van der Waals surface area contributed by atoms with E-state index < -0.39 is 0 Å². The van der Waals surface area contributed by atoms with Crippen LogP contribution in [0, 0.1) is 5.92 Å². The first-order valence-electron chi connectivity index (χ1n) is 5.43. The van der Waals surface area contributed by atoms with Gasteiger partial charge in [0.15, 0.2) is 0 Å². The van der Waals surface area contributed by atoms with Gasteiger partial charge in [-0.15, -0.1) is 0 Å². The monoisotopic (exact) mass is 219 g/mol. The number of aryl methyl sites for hydroxylation is 1. The summed E-state index contributed by atoms with van der Waals surface area (Å²) in [5, 5.41) is 7.36. The van der Waals surface area contributed by atoms with Gasteiger partial charge in [-0.3, -0.25) is 4.68 Å². The third-order valence-electron chi connectivity index (χ3n) is 2.34. The molecule has 0 aliphatic heterocycles. The Morgan fingerprint density at radius 2 is 2.19 bits per heavy atom. The average Bonchev–Trinajstić information content (AvgIpc) is 2.78. The van der Waals surface area contributed by atoms with Crippen molar-refractivity contribution < 1.29 is 0 Å². The molecular formula is C11H17N5. The van der Waals surface area contributed by atoms with Gasteiger partial charge in [0.2, 0.25) is 5.95 Å². The number of hydrogen-bond acceptors (Lipinski definition) is 3. The van der Waals surface area contributed by atoms with Gasteiger partial charge >= 0.3 is 0 Å². The number of anilines is 2. The van der Waals surface area contributed by atoms with Crippen LogP contribution >= 0.6 is 0 Å². The summed E-state index contributed by atoms with van der Waals surface area (Å²) in [4.78, 5) is 4.30. The highest BCUT2D eigenvalue weighted by molar-refractivity contribution is 5.47. The van der Waals surface area contributed by atoms with Gasteiger partial charge in [0.25, 0.3) is 0 Å². The number of aromatic nitrogens is 4. The number of hydrogen-bond donors (Lipinski definition) is 1. The summed E-state index contributed by atoms with van der Waals surface area (Å²) in [5.74, 6) is 2.40. The van der Waals surface area contributed by atoms with Gasteiger partial charge in [-0.2, -0.15) is 5.10 Å². The lowest BCUT2D eigenvalue weighted by Crippen LogP contribution is -2.09. The van der Waals surface area contributed by atoms with Gasteiger partial charge in [-0.25, -0.2) is 4.98 Å². The Kier molecular flexibility index (Phi) is 2.94. The molecule has 0 unspecified atom stereocenters. The molecular weight excluding hydrogens is 202 g/mol. The van der Waals surface area contributed by atoms with Crippen molar-refractivity contribution in [1.29, 1.82) is 0 Å². The summed E-state index contributed by atoms with van der Waals surface area (Å²) < 4.78 is 3.89. The predicted octanol–water partition coefficient (Wildman–Crippen LogP) is 2.02. The van der Waals surface area contributed by atoms with E-state index >= 15 is 0 Å². The highest BCUT2D eigenvalue weighted by Crippen LogP contribution is 2.14.